The van der Waals surface area contributed by atoms with Gasteiger partial charge < -0.3 is 9.47 Å². The summed E-state index contributed by atoms with van der Waals surface area (Å²) in [7, 11) is 1.30. The highest BCUT2D eigenvalue weighted by Crippen LogP contribution is 2.55. The maximum Gasteiger partial charge on any atom is 0.312 e. The minimum atomic E-state index is -0.931. The number of esters is 1. The first-order valence-corrected chi connectivity index (χ1v) is 8.37. The predicted octanol–water partition coefficient (Wildman–Crippen LogP) is 2.49. The van der Waals surface area contributed by atoms with E-state index in [1.807, 2.05) is 54.6 Å². The van der Waals surface area contributed by atoms with Crippen LogP contribution in [0.5, 0.6) is 5.75 Å². The van der Waals surface area contributed by atoms with Crippen molar-refractivity contribution in [2.24, 2.45) is 11.3 Å². The van der Waals surface area contributed by atoms with Crippen LogP contribution >= 0.6 is 0 Å². The molecule has 0 bridgehead atoms. The number of hydrogen-bond acceptors (Lipinski definition) is 5. The van der Waals surface area contributed by atoms with Crippen LogP contribution in [0.25, 0.3) is 0 Å². The normalized spacial score (nSPS) is 20.9. The molecule has 26 heavy (non-hydrogen) atoms. The van der Waals surface area contributed by atoms with E-state index >= 15 is 0 Å². The third kappa shape index (κ3) is 3.70. The molecule has 6 heteroatoms. The number of methoxy groups -OCH3 is 1. The molecular weight excluding hydrogens is 334 g/mol. The third-order valence-corrected chi connectivity index (χ3v) is 4.76. The Morgan fingerprint density at radius 1 is 1.15 bits per heavy atom. The van der Waals surface area contributed by atoms with Crippen molar-refractivity contribution in [3.05, 3.63) is 65.7 Å². The molecule has 6 nitrogen and oxygen atoms in total. The summed E-state index contributed by atoms with van der Waals surface area (Å²) in [4.78, 5) is 23.9. The zero-order valence-corrected chi connectivity index (χ0v) is 14.5. The van der Waals surface area contributed by atoms with Crippen molar-refractivity contribution in [1.29, 1.82) is 0 Å². The zero-order valence-electron chi connectivity index (χ0n) is 14.5. The number of amides is 1. The highest BCUT2D eigenvalue weighted by atomic mass is 16.5. The summed E-state index contributed by atoms with van der Waals surface area (Å²) in [5.74, 6) is -0.905. The van der Waals surface area contributed by atoms with Gasteiger partial charge in [0.2, 0.25) is 5.91 Å². The van der Waals surface area contributed by atoms with Gasteiger partial charge in [-0.3, -0.25) is 14.8 Å². The second kappa shape index (κ2) is 7.58. The SMILES string of the molecule is COC(=O)C1(Cc2cccc(OCc3ccccc3)c2)CC1C(=O)NO. The number of ether oxygens (including phenoxy) is 2. The van der Waals surface area contributed by atoms with Crippen LogP contribution in [0.4, 0.5) is 0 Å². The number of hydrogen-bond donors (Lipinski definition) is 2. The molecule has 1 saturated carbocycles. The van der Waals surface area contributed by atoms with Crippen molar-refractivity contribution in [2.75, 3.05) is 7.11 Å². The van der Waals surface area contributed by atoms with Gasteiger partial charge in [-0.15, -0.1) is 0 Å². The summed E-state index contributed by atoms with van der Waals surface area (Å²) in [5, 5.41) is 8.85. The van der Waals surface area contributed by atoms with E-state index in [-0.39, 0.29) is 0 Å². The van der Waals surface area contributed by atoms with Gasteiger partial charge in [0.25, 0.3) is 0 Å². The first-order valence-electron chi connectivity index (χ1n) is 8.37. The fraction of sp³-hybridized carbons (Fsp3) is 0.300. The van der Waals surface area contributed by atoms with Gasteiger partial charge in [-0.1, -0.05) is 42.5 Å². The van der Waals surface area contributed by atoms with Gasteiger partial charge in [0, 0.05) is 0 Å². The number of benzene rings is 2. The van der Waals surface area contributed by atoms with Gasteiger partial charge in [0.1, 0.15) is 12.4 Å². The zero-order chi connectivity index (χ0) is 18.6. The Balaban J connectivity index is 1.71. The van der Waals surface area contributed by atoms with Crippen molar-refractivity contribution in [2.45, 2.75) is 19.4 Å². The fourth-order valence-electron chi connectivity index (χ4n) is 3.27. The molecule has 2 N–H and O–H groups in total. The van der Waals surface area contributed by atoms with E-state index in [4.69, 9.17) is 14.7 Å². The first kappa shape index (κ1) is 17.9. The van der Waals surface area contributed by atoms with E-state index in [2.05, 4.69) is 0 Å². The van der Waals surface area contributed by atoms with Gasteiger partial charge >= 0.3 is 5.97 Å². The van der Waals surface area contributed by atoms with E-state index in [9.17, 15) is 9.59 Å². The molecule has 3 rings (SSSR count). The van der Waals surface area contributed by atoms with Crippen LogP contribution in [-0.4, -0.2) is 24.2 Å². The molecule has 0 radical (unpaired) electrons. The summed E-state index contributed by atoms with van der Waals surface area (Å²) >= 11 is 0. The standard InChI is InChI=1S/C20H21NO5/c1-25-19(23)20(12-17(20)18(22)21-24)11-15-8-5-9-16(10-15)26-13-14-6-3-2-4-7-14/h2-10,17,24H,11-13H2,1H3,(H,21,22). The monoisotopic (exact) mass is 355 g/mol. The fourth-order valence-corrected chi connectivity index (χ4v) is 3.27. The Bertz CT molecular complexity index is 792. The Morgan fingerprint density at radius 3 is 2.58 bits per heavy atom. The van der Waals surface area contributed by atoms with Crippen LogP contribution < -0.4 is 10.2 Å². The summed E-state index contributed by atoms with van der Waals surface area (Å²) in [6.45, 7) is 0.446. The summed E-state index contributed by atoms with van der Waals surface area (Å²) in [6, 6.07) is 17.3. The van der Waals surface area contributed by atoms with Gasteiger partial charge in [-0.25, -0.2) is 5.48 Å². The van der Waals surface area contributed by atoms with Crippen LogP contribution in [-0.2, 0) is 27.4 Å². The Kier molecular flexibility index (Phi) is 5.23. The molecule has 1 aliphatic rings. The lowest BCUT2D eigenvalue weighted by Crippen LogP contribution is -2.30. The third-order valence-electron chi connectivity index (χ3n) is 4.76. The van der Waals surface area contributed by atoms with E-state index in [0.29, 0.717) is 25.2 Å². The van der Waals surface area contributed by atoms with Gasteiger partial charge in [0.15, 0.2) is 0 Å². The van der Waals surface area contributed by atoms with E-state index in [0.717, 1.165) is 11.1 Å². The molecule has 2 aromatic rings. The maximum atomic E-state index is 12.2. The molecule has 0 aliphatic heterocycles. The van der Waals surface area contributed by atoms with Crippen LogP contribution in [0.15, 0.2) is 54.6 Å². The molecule has 0 heterocycles. The number of carbonyl (C=O) groups is 2. The van der Waals surface area contributed by atoms with Gasteiger partial charge in [0.05, 0.1) is 18.4 Å². The predicted molar refractivity (Wildman–Crippen MR) is 93.4 cm³/mol. The molecule has 0 spiro atoms. The van der Waals surface area contributed by atoms with Crippen molar-refractivity contribution in [3.8, 4) is 5.75 Å². The molecule has 0 saturated heterocycles. The highest BCUT2D eigenvalue weighted by Gasteiger charge is 2.64. The van der Waals surface area contributed by atoms with Crippen LogP contribution in [0, 0.1) is 11.3 Å². The van der Waals surface area contributed by atoms with Crippen molar-refractivity contribution in [3.63, 3.8) is 0 Å². The largest absolute Gasteiger partial charge is 0.489 e. The Labute approximate surface area is 151 Å². The smallest absolute Gasteiger partial charge is 0.312 e. The lowest BCUT2D eigenvalue weighted by molar-refractivity contribution is -0.149. The lowest BCUT2D eigenvalue weighted by atomic mass is 9.93. The Hall–Kier alpha value is -2.86. The average molecular weight is 355 g/mol. The van der Waals surface area contributed by atoms with Crippen LogP contribution in [0.3, 0.4) is 0 Å². The molecule has 2 unspecified atom stereocenters. The van der Waals surface area contributed by atoms with Crippen LogP contribution in [0.1, 0.15) is 17.5 Å². The molecule has 136 valence electrons. The topological polar surface area (TPSA) is 84.9 Å². The molecule has 1 aliphatic carbocycles. The lowest BCUT2D eigenvalue weighted by Gasteiger charge is -2.15. The first-order chi connectivity index (χ1) is 12.6. The molecule has 2 aromatic carbocycles. The van der Waals surface area contributed by atoms with Crippen molar-refractivity contribution < 1.29 is 24.3 Å². The minimum Gasteiger partial charge on any atom is -0.489 e. The van der Waals surface area contributed by atoms with E-state index < -0.39 is 23.2 Å². The number of carbonyl (C=O) groups excluding carboxylic acids is 2. The average Bonchev–Trinajstić information content (AvgIpc) is 3.41. The van der Waals surface area contributed by atoms with Crippen molar-refractivity contribution >= 4 is 11.9 Å². The second-order valence-corrected chi connectivity index (χ2v) is 6.48. The molecule has 1 fully saturated rings. The number of nitrogens with one attached hydrogen (secondary N) is 1. The van der Waals surface area contributed by atoms with E-state index in [1.54, 1.807) is 5.48 Å². The molecule has 2 atom stereocenters. The van der Waals surface area contributed by atoms with Gasteiger partial charge in [-0.2, -0.15) is 0 Å². The maximum absolute atomic E-state index is 12.2. The summed E-state index contributed by atoms with van der Waals surface area (Å²) in [5.41, 5.74) is 2.62. The van der Waals surface area contributed by atoms with Gasteiger partial charge in [-0.05, 0) is 36.1 Å². The van der Waals surface area contributed by atoms with Crippen molar-refractivity contribution in [1.82, 2.24) is 5.48 Å². The molecule has 0 aromatic heterocycles. The Morgan fingerprint density at radius 2 is 1.88 bits per heavy atom. The summed E-state index contributed by atoms with van der Waals surface area (Å²) < 4.78 is 10.7. The second-order valence-electron chi connectivity index (χ2n) is 6.48. The van der Waals surface area contributed by atoms with E-state index in [1.165, 1.54) is 7.11 Å². The highest BCUT2D eigenvalue weighted by molar-refractivity contribution is 5.93. The quantitative estimate of drug-likeness (QED) is 0.453. The number of hydroxylamine groups is 1. The van der Waals surface area contributed by atoms with Crippen LogP contribution in [0.2, 0.25) is 0 Å². The summed E-state index contributed by atoms with van der Waals surface area (Å²) in [6.07, 6.45) is 0.696. The number of rotatable bonds is 7. The molecule has 1 amide bonds. The minimum absolute atomic E-state index is 0.348. The molecular formula is C20H21NO5.